The highest BCUT2D eigenvalue weighted by atomic mass is 16.7. The summed E-state index contributed by atoms with van der Waals surface area (Å²) in [4.78, 5) is 24.3. The molecule has 0 radical (unpaired) electrons. The maximum absolute atomic E-state index is 12.6. The fraction of sp³-hybridized carbons (Fsp3) is 0.360. The van der Waals surface area contributed by atoms with Gasteiger partial charge in [0.1, 0.15) is 17.2 Å². The lowest BCUT2D eigenvalue weighted by Crippen LogP contribution is -2.24. The van der Waals surface area contributed by atoms with Gasteiger partial charge in [0, 0.05) is 5.56 Å². The van der Waals surface area contributed by atoms with Crippen molar-refractivity contribution in [1.82, 2.24) is 0 Å². The van der Waals surface area contributed by atoms with Crippen molar-refractivity contribution in [2.24, 2.45) is 5.41 Å². The van der Waals surface area contributed by atoms with E-state index >= 15 is 0 Å². The predicted octanol–water partition coefficient (Wildman–Crippen LogP) is 5.31. The van der Waals surface area contributed by atoms with Crippen molar-refractivity contribution in [3.05, 3.63) is 59.7 Å². The van der Waals surface area contributed by atoms with E-state index in [1.165, 1.54) is 6.08 Å². The Hall–Kier alpha value is -3.28. The molecular weight excluding hydrogens is 396 g/mol. The Balaban J connectivity index is 2.05. The minimum atomic E-state index is -0.588. The average Bonchev–Trinajstić information content (AvgIpc) is 2.73. The van der Waals surface area contributed by atoms with Crippen molar-refractivity contribution >= 4 is 17.8 Å². The third-order valence-corrected chi connectivity index (χ3v) is 4.19. The molecule has 0 aromatic heterocycles. The normalized spacial score (nSPS) is 11.3. The van der Waals surface area contributed by atoms with Crippen molar-refractivity contribution in [2.75, 3.05) is 20.0 Å². The van der Waals surface area contributed by atoms with Crippen LogP contribution in [0.25, 0.3) is 6.08 Å². The van der Waals surface area contributed by atoms with Crippen LogP contribution in [-0.4, -0.2) is 31.8 Å². The average molecular weight is 427 g/mol. The number of ketones is 1. The van der Waals surface area contributed by atoms with E-state index in [-0.39, 0.29) is 18.5 Å². The Morgan fingerprint density at radius 1 is 0.871 bits per heavy atom. The third kappa shape index (κ3) is 7.17. The Bertz CT molecular complexity index is 882. The Morgan fingerprint density at radius 2 is 1.45 bits per heavy atom. The highest BCUT2D eigenvalue weighted by molar-refractivity contribution is 6.07. The molecule has 0 aliphatic rings. The van der Waals surface area contributed by atoms with Crippen LogP contribution < -0.4 is 14.2 Å². The maximum atomic E-state index is 12.6. The zero-order valence-corrected chi connectivity index (χ0v) is 18.8. The number of ether oxygens (including phenoxy) is 4. The minimum Gasteiger partial charge on any atom is -0.493 e. The summed E-state index contributed by atoms with van der Waals surface area (Å²) in [5.74, 6) is 1.31. The quantitative estimate of drug-likeness (QED) is 0.222. The maximum Gasteiger partial charge on any atom is 0.314 e. The zero-order chi connectivity index (χ0) is 22.9. The van der Waals surface area contributed by atoms with Gasteiger partial charge in [0.25, 0.3) is 0 Å². The first kappa shape index (κ1) is 24.0. The number of allylic oxidation sites excluding steroid dienone is 1. The summed E-state index contributed by atoms with van der Waals surface area (Å²) in [6, 6.07) is 12.2. The molecular formula is C25H30O6. The van der Waals surface area contributed by atoms with E-state index < -0.39 is 5.41 Å². The number of esters is 1. The second-order valence-electron chi connectivity index (χ2n) is 7.70. The third-order valence-electron chi connectivity index (χ3n) is 4.19. The van der Waals surface area contributed by atoms with Crippen molar-refractivity contribution in [1.29, 1.82) is 0 Å². The summed E-state index contributed by atoms with van der Waals surface area (Å²) in [6.45, 7) is 9.96. The standard InChI is InChI=1S/C25H30O6/c1-6-28-22-9-8-10-23(29-7-2)20(22)15-16-21(26)18-11-13-19(14-12-18)30-17-31-24(27)25(3,4)5/h8-16H,6-7,17H2,1-5H3. The summed E-state index contributed by atoms with van der Waals surface area (Å²) < 4.78 is 21.8. The first-order valence-electron chi connectivity index (χ1n) is 10.3. The molecule has 0 N–H and O–H groups in total. The smallest absolute Gasteiger partial charge is 0.314 e. The highest BCUT2D eigenvalue weighted by Gasteiger charge is 2.23. The van der Waals surface area contributed by atoms with Crippen LogP contribution in [-0.2, 0) is 9.53 Å². The molecule has 2 aromatic rings. The van der Waals surface area contributed by atoms with Crippen LogP contribution in [0.3, 0.4) is 0 Å². The van der Waals surface area contributed by atoms with Gasteiger partial charge in [0.15, 0.2) is 5.78 Å². The molecule has 0 saturated heterocycles. The largest absolute Gasteiger partial charge is 0.493 e. The van der Waals surface area contributed by atoms with Crippen LogP contribution in [0, 0.1) is 5.41 Å². The molecule has 0 fully saturated rings. The van der Waals surface area contributed by atoms with Gasteiger partial charge in [-0.25, -0.2) is 0 Å². The second kappa shape index (κ2) is 11.2. The van der Waals surface area contributed by atoms with Gasteiger partial charge >= 0.3 is 5.97 Å². The molecule has 166 valence electrons. The molecule has 0 bridgehead atoms. The Labute approximate surface area is 183 Å². The Kier molecular flexibility index (Phi) is 8.67. The van der Waals surface area contributed by atoms with Crippen LogP contribution in [0.2, 0.25) is 0 Å². The molecule has 0 atom stereocenters. The molecule has 6 heteroatoms. The van der Waals surface area contributed by atoms with Gasteiger partial charge in [0.05, 0.1) is 24.2 Å². The van der Waals surface area contributed by atoms with E-state index in [0.29, 0.717) is 36.0 Å². The van der Waals surface area contributed by atoms with E-state index in [1.54, 1.807) is 51.1 Å². The molecule has 0 aliphatic carbocycles. The molecule has 31 heavy (non-hydrogen) atoms. The number of hydrogen-bond donors (Lipinski definition) is 0. The molecule has 2 aromatic carbocycles. The summed E-state index contributed by atoms with van der Waals surface area (Å²) in [7, 11) is 0. The summed E-state index contributed by atoms with van der Waals surface area (Å²) in [5, 5.41) is 0. The van der Waals surface area contributed by atoms with Crippen LogP contribution in [0.5, 0.6) is 17.2 Å². The minimum absolute atomic E-state index is 0.167. The van der Waals surface area contributed by atoms with Crippen LogP contribution in [0.1, 0.15) is 50.5 Å². The summed E-state index contributed by atoms with van der Waals surface area (Å²) in [5.41, 5.74) is 0.636. The van der Waals surface area contributed by atoms with Gasteiger partial charge in [-0.05, 0) is 83.2 Å². The fourth-order valence-electron chi connectivity index (χ4n) is 2.59. The van der Waals surface area contributed by atoms with Gasteiger partial charge in [-0.15, -0.1) is 0 Å². The fourth-order valence-corrected chi connectivity index (χ4v) is 2.59. The number of benzene rings is 2. The monoisotopic (exact) mass is 426 g/mol. The number of rotatable bonds is 10. The first-order chi connectivity index (χ1) is 14.8. The van der Waals surface area contributed by atoms with Gasteiger partial charge < -0.3 is 18.9 Å². The summed E-state index contributed by atoms with van der Waals surface area (Å²) in [6.07, 6.45) is 3.19. The zero-order valence-electron chi connectivity index (χ0n) is 18.8. The van der Waals surface area contributed by atoms with E-state index in [9.17, 15) is 9.59 Å². The molecule has 0 heterocycles. The van der Waals surface area contributed by atoms with Gasteiger partial charge in [-0.1, -0.05) is 6.07 Å². The van der Waals surface area contributed by atoms with Crippen LogP contribution in [0.15, 0.2) is 48.5 Å². The molecule has 2 rings (SSSR count). The van der Waals surface area contributed by atoms with Gasteiger partial charge in [-0.3, -0.25) is 9.59 Å². The lowest BCUT2D eigenvalue weighted by atomic mass is 9.98. The van der Waals surface area contributed by atoms with E-state index in [0.717, 1.165) is 5.56 Å². The predicted molar refractivity (Wildman–Crippen MR) is 120 cm³/mol. The van der Waals surface area contributed by atoms with Crippen molar-refractivity contribution in [3.8, 4) is 17.2 Å². The lowest BCUT2D eigenvalue weighted by Gasteiger charge is -2.16. The summed E-state index contributed by atoms with van der Waals surface area (Å²) >= 11 is 0. The molecule has 6 nitrogen and oxygen atoms in total. The van der Waals surface area contributed by atoms with Crippen molar-refractivity contribution < 1.29 is 28.5 Å². The second-order valence-corrected chi connectivity index (χ2v) is 7.70. The lowest BCUT2D eigenvalue weighted by molar-refractivity contribution is -0.159. The topological polar surface area (TPSA) is 71.1 Å². The van der Waals surface area contributed by atoms with Crippen molar-refractivity contribution in [2.45, 2.75) is 34.6 Å². The van der Waals surface area contributed by atoms with E-state index in [1.807, 2.05) is 32.0 Å². The number of hydrogen-bond acceptors (Lipinski definition) is 6. The van der Waals surface area contributed by atoms with Crippen molar-refractivity contribution in [3.63, 3.8) is 0 Å². The SMILES string of the molecule is CCOc1cccc(OCC)c1C=CC(=O)c1ccc(OCOC(=O)C(C)(C)C)cc1. The molecule has 0 amide bonds. The molecule has 0 spiro atoms. The Morgan fingerprint density at radius 3 is 1.97 bits per heavy atom. The first-order valence-corrected chi connectivity index (χ1v) is 10.3. The number of carbonyl (C=O) groups is 2. The van der Waals surface area contributed by atoms with Gasteiger partial charge in [0.2, 0.25) is 6.79 Å². The highest BCUT2D eigenvalue weighted by Crippen LogP contribution is 2.30. The van der Waals surface area contributed by atoms with Gasteiger partial charge in [-0.2, -0.15) is 0 Å². The molecule has 0 saturated carbocycles. The molecule has 0 aliphatic heterocycles. The number of carbonyl (C=O) groups excluding carboxylic acids is 2. The van der Waals surface area contributed by atoms with E-state index in [2.05, 4.69) is 0 Å². The van der Waals surface area contributed by atoms with E-state index in [4.69, 9.17) is 18.9 Å². The van der Waals surface area contributed by atoms with Crippen LogP contribution >= 0.6 is 0 Å². The van der Waals surface area contributed by atoms with Crippen LogP contribution in [0.4, 0.5) is 0 Å². The molecule has 0 unspecified atom stereocenters.